The van der Waals surface area contributed by atoms with Gasteiger partial charge >= 0.3 is 13.2 Å². The van der Waals surface area contributed by atoms with E-state index in [4.69, 9.17) is 14.0 Å². The van der Waals surface area contributed by atoms with Crippen molar-refractivity contribution < 1.29 is 18.8 Å². The molecule has 1 N–H and O–H groups in total. The summed E-state index contributed by atoms with van der Waals surface area (Å²) in [5.41, 5.74) is 6.85. The van der Waals surface area contributed by atoms with Crippen LogP contribution in [-0.4, -0.2) is 31.0 Å². The molecule has 2 aromatic rings. The van der Waals surface area contributed by atoms with Gasteiger partial charge in [-0.05, 0) is 94.2 Å². The van der Waals surface area contributed by atoms with E-state index in [-0.39, 0.29) is 13.2 Å². The zero-order chi connectivity index (χ0) is 24.4. The molecule has 2 aromatic carbocycles. The molecular formula is C27H36BNO4. The number of carbonyl (C=O) groups is 1. The van der Waals surface area contributed by atoms with E-state index >= 15 is 0 Å². The van der Waals surface area contributed by atoms with Crippen LogP contribution in [0.4, 0.5) is 4.79 Å². The van der Waals surface area contributed by atoms with Crippen LogP contribution in [0.5, 0.6) is 0 Å². The van der Waals surface area contributed by atoms with Gasteiger partial charge in [0.2, 0.25) is 0 Å². The van der Waals surface area contributed by atoms with Crippen LogP contribution in [0.15, 0.2) is 41.9 Å². The highest BCUT2D eigenvalue weighted by atomic mass is 16.7. The maximum absolute atomic E-state index is 12.4. The lowest BCUT2D eigenvalue weighted by atomic mass is 9.76. The molecule has 1 aliphatic rings. The molecule has 5 nitrogen and oxygen atoms in total. The lowest BCUT2D eigenvalue weighted by Crippen LogP contribution is -2.41. The van der Waals surface area contributed by atoms with E-state index in [0.717, 1.165) is 16.6 Å². The van der Waals surface area contributed by atoms with E-state index in [1.54, 1.807) is 0 Å². The smallest absolute Gasteiger partial charge is 0.445 e. The molecule has 0 aromatic heterocycles. The quantitative estimate of drug-likeness (QED) is 0.561. The van der Waals surface area contributed by atoms with Crippen molar-refractivity contribution in [1.82, 2.24) is 5.32 Å². The summed E-state index contributed by atoms with van der Waals surface area (Å²) in [4.78, 5) is 12.4. The maximum Gasteiger partial charge on any atom is 0.492 e. The Morgan fingerprint density at radius 2 is 1.52 bits per heavy atom. The first-order valence-corrected chi connectivity index (χ1v) is 11.5. The number of hydrogen-bond donors (Lipinski definition) is 1. The monoisotopic (exact) mass is 449 g/mol. The van der Waals surface area contributed by atoms with Crippen LogP contribution in [0.2, 0.25) is 0 Å². The summed E-state index contributed by atoms with van der Waals surface area (Å²) in [5.74, 6) is 0. The van der Waals surface area contributed by atoms with Gasteiger partial charge in [0.05, 0.1) is 11.2 Å². The SMILES string of the molecule is Cc1cc(C)c(C)c(C=C(CNC(=O)OCc2ccccc2)B2OC(C)(C)C(C)(C)O2)c1C. The van der Waals surface area contributed by atoms with Crippen LogP contribution in [0.3, 0.4) is 0 Å². The summed E-state index contributed by atoms with van der Waals surface area (Å²) >= 11 is 0. The van der Waals surface area contributed by atoms with Crippen LogP contribution in [0.25, 0.3) is 6.08 Å². The maximum atomic E-state index is 12.4. The van der Waals surface area contributed by atoms with Crippen LogP contribution < -0.4 is 5.32 Å². The average Bonchev–Trinajstić information content (AvgIpc) is 2.98. The Hall–Kier alpha value is -2.57. The van der Waals surface area contributed by atoms with Crippen LogP contribution in [0, 0.1) is 27.7 Å². The highest BCUT2D eigenvalue weighted by Gasteiger charge is 2.52. The fourth-order valence-electron chi connectivity index (χ4n) is 3.79. The average molecular weight is 449 g/mol. The van der Waals surface area contributed by atoms with Crippen molar-refractivity contribution in [3.05, 3.63) is 75.3 Å². The van der Waals surface area contributed by atoms with Gasteiger partial charge in [0.25, 0.3) is 0 Å². The van der Waals surface area contributed by atoms with E-state index in [0.29, 0.717) is 0 Å². The molecule has 0 bridgehead atoms. The summed E-state index contributed by atoms with van der Waals surface area (Å²) in [7, 11) is -0.566. The first-order valence-electron chi connectivity index (χ1n) is 11.5. The minimum atomic E-state index is -0.566. The van der Waals surface area contributed by atoms with Crippen molar-refractivity contribution in [3.63, 3.8) is 0 Å². The number of benzene rings is 2. The van der Waals surface area contributed by atoms with Gasteiger partial charge in [0.1, 0.15) is 6.61 Å². The summed E-state index contributed by atoms with van der Waals surface area (Å²) in [6.07, 6.45) is 1.62. The number of rotatable bonds is 6. The van der Waals surface area contributed by atoms with Gasteiger partial charge in [-0.15, -0.1) is 0 Å². The van der Waals surface area contributed by atoms with Gasteiger partial charge < -0.3 is 19.4 Å². The first-order chi connectivity index (χ1) is 15.4. The Balaban J connectivity index is 1.84. The lowest BCUT2D eigenvalue weighted by Gasteiger charge is -2.32. The molecule has 0 atom stereocenters. The van der Waals surface area contributed by atoms with Crippen LogP contribution in [-0.2, 0) is 20.7 Å². The van der Waals surface area contributed by atoms with Crippen LogP contribution in [0.1, 0.15) is 61.1 Å². The molecule has 176 valence electrons. The van der Waals surface area contributed by atoms with Gasteiger partial charge in [-0.25, -0.2) is 4.79 Å². The molecule has 1 aliphatic heterocycles. The Morgan fingerprint density at radius 1 is 0.970 bits per heavy atom. The summed E-state index contributed by atoms with van der Waals surface area (Å²) in [6.45, 7) is 17.1. The van der Waals surface area contributed by atoms with E-state index in [2.05, 4.69) is 45.2 Å². The highest BCUT2D eigenvalue weighted by Crippen LogP contribution is 2.39. The summed E-state index contributed by atoms with van der Waals surface area (Å²) in [5, 5.41) is 2.88. The molecule has 6 heteroatoms. The third-order valence-electron chi connectivity index (χ3n) is 6.96. The van der Waals surface area contributed by atoms with Gasteiger partial charge in [-0.1, -0.05) is 42.5 Å². The molecule has 0 unspecified atom stereocenters. The van der Waals surface area contributed by atoms with E-state index in [1.807, 2.05) is 58.0 Å². The molecule has 1 amide bonds. The predicted octanol–water partition coefficient (Wildman–Crippen LogP) is 5.86. The molecule has 0 radical (unpaired) electrons. The standard InChI is InChI=1S/C27H36BNO4/c1-18-14-19(2)21(4)24(20(18)3)15-23(28-32-26(5,6)27(7,8)33-28)16-29-25(30)31-17-22-12-10-9-11-13-22/h9-15H,16-17H2,1-8H3,(H,29,30). The molecule has 33 heavy (non-hydrogen) atoms. The third-order valence-corrected chi connectivity index (χ3v) is 6.96. The van der Waals surface area contributed by atoms with Crippen molar-refractivity contribution in [2.24, 2.45) is 0 Å². The van der Waals surface area contributed by atoms with Gasteiger partial charge in [0, 0.05) is 6.54 Å². The first kappa shape index (κ1) is 25.1. The fourth-order valence-corrected chi connectivity index (χ4v) is 3.79. The van der Waals surface area contributed by atoms with Crippen molar-refractivity contribution in [3.8, 4) is 0 Å². The van der Waals surface area contributed by atoms with Gasteiger partial charge in [-0.2, -0.15) is 0 Å². The second kappa shape index (κ2) is 9.74. The second-order valence-electron chi connectivity index (χ2n) is 9.90. The minimum absolute atomic E-state index is 0.220. The predicted molar refractivity (Wildman–Crippen MR) is 134 cm³/mol. The molecule has 0 aliphatic carbocycles. The molecule has 0 spiro atoms. The molecule has 3 rings (SSSR count). The zero-order valence-electron chi connectivity index (χ0n) is 21.2. The Labute approximate surface area is 198 Å². The summed E-state index contributed by atoms with van der Waals surface area (Å²) < 4.78 is 18.0. The number of nitrogens with one attached hydrogen (secondary N) is 1. The number of alkyl carbamates (subject to hydrolysis) is 1. The molecule has 1 fully saturated rings. The molecule has 0 saturated carbocycles. The third kappa shape index (κ3) is 5.68. The Morgan fingerprint density at radius 3 is 2.06 bits per heavy atom. The lowest BCUT2D eigenvalue weighted by molar-refractivity contribution is 0.00578. The number of hydrogen-bond acceptors (Lipinski definition) is 4. The molecule has 1 saturated heterocycles. The highest BCUT2D eigenvalue weighted by molar-refractivity contribution is 6.56. The van der Waals surface area contributed by atoms with E-state index in [1.165, 1.54) is 22.3 Å². The van der Waals surface area contributed by atoms with E-state index in [9.17, 15) is 4.79 Å². The van der Waals surface area contributed by atoms with Crippen molar-refractivity contribution in [2.75, 3.05) is 6.54 Å². The zero-order valence-corrected chi connectivity index (χ0v) is 21.2. The Bertz CT molecular complexity index is 1000. The molecular weight excluding hydrogens is 413 g/mol. The number of amides is 1. The van der Waals surface area contributed by atoms with Crippen molar-refractivity contribution >= 4 is 19.3 Å². The van der Waals surface area contributed by atoms with Crippen LogP contribution >= 0.6 is 0 Å². The van der Waals surface area contributed by atoms with Crippen molar-refractivity contribution in [1.29, 1.82) is 0 Å². The number of aryl methyl sites for hydroxylation is 2. The topological polar surface area (TPSA) is 56.8 Å². The number of carbonyl (C=O) groups excluding carboxylic acids is 1. The van der Waals surface area contributed by atoms with E-state index < -0.39 is 24.4 Å². The summed E-state index contributed by atoms with van der Waals surface area (Å²) in [6, 6.07) is 11.8. The van der Waals surface area contributed by atoms with Gasteiger partial charge in [0.15, 0.2) is 0 Å². The Kier molecular flexibility index (Phi) is 7.40. The minimum Gasteiger partial charge on any atom is -0.445 e. The second-order valence-corrected chi connectivity index (χ2v) is 9.90. The van der Waals surface area contributed by atoms with Gasteiger partial charge in [-0.3, -0.25) is 0 Å². The number of ether oxygens (including phenoxy) is 1. The van der Waals surface area contributed by atoms with Crippen molar-refractivity contribution in [2.45, 2.75) is 73.2 Å². The fraction of sp³-hybridized carbons (Fsp3) is 0.444. The largest absolute Gasteiger partial charge is 0.492 e. The molecule has 1 heterocycles. The normalized spacial score (nSPS) is 17.2.